The highest BCUT2D eigenvalue weighted by Crippen LogP contribution is 2.37. The van der Waals surface area contributed by atoms with Gasteiger partial charge in [-0.25, -0.2) is 0 Å². The number of halogens is 4. The Morgan fingerprint density at radius 3 is 2.33 bits per heavy atom. The number of nitrogens with zero attached hydrogens (tertiary/aromatic N) is 2. The Balaban J connectivity index is 2.19. The van der Waals surface area contributed by atoms with Gasteiger partial charge in [0.25, 0.3) is 0 Å². The van der Waals surface area contributed by atoms with Crippen molar-refractivity contribution < 1.29 is 32.0 Å². The molecule has 33 heavy (non-hydrogen) atoms. The van der Waals surface area contributed by atoms with Crippen LogP contribution in [0.3, 0.4) is 0 Å². The topological polar surface area (TPSA) is 85.8 Å². The molecule has 2 aromatic carbocycles. The molecule has 7 nitrogen and oxygen atoms in total. The molecule has 0 spiro atoms. The van der Waals surface area contributed by atoms with E-state index in [4.69, 9.17) is 9.15 Å². The molecule has 2 atom stereocenters. The maximum absolute atomic E-state index is 13.7. The van der Waals surface area contributed by atoms with Crippen molar-refractivity contribution in [1.29, 1.82) is 0 Å². The molecule has 0 aliphatic carbocycles. The fourth-order valence-corrected chi connectivity index (χ4v) is 3.87. The van der Waals surface area contributed by atoms with Gasteiger partial charge in [0, 0.05) is 21.5 Å². The van der Waals surface area contributed by atoms with Crippen molar-refractivity contribution in [3.05, 3.63) is 92.8 Å². The molecule has 0 radical (unpaired) electrons. The van der Waals surface area contributed by atoms with Gasteiger partial charge in [-0.2, -0.15) is 13.2 Å². The average Bonchev–Trinajstić information content (AvgIpc) is 3.31. The molecular formula is C22H18BrF3N2O5. The lowest BCUT2D eigenvalue weighted by molar-refractivity contribution is -0.526. The number of alkyl halides is 3. The van der Waals surface area contributed by atoms with E-state index in [1.165, 1.54) is 49.8 Å². The molecule has 0 N–H and O–H groups in total. The summed E-state index contributed by atoms with van der Waals surface area (Å²) in [6, 6.07) is 11.2. The van der Waals surface area contributed by atoms with Gasteiger partial charge in [-0.05, 0) is 48.0 Å². The number of ether oxygens (including phenoxy) is 1. The third-order valence-corrected chi connectivity index (χ3v) is 5.72. The number of furan rings is 1. The van der Waals surface area contributed by atoms with Crippen molar-refractivity contribution in [2.45, 2.75) is 24.7 Å². The van der Waals surface area contributed by atoms with Gasteiger partial charge in [0.05, 0.1) is 13.4 Å². The van der Waals surface area contributed by atoms with Crippen LogP contribution in [-0.2, 0) is 11.2 Å². The van der Waals surface area contributed by atoms with Gasteiger partial charge >= 0.3 is 12.1 Å². The van der Waals surface area contributed by atoms with Crippen molar-refractivity contribution in [2.24, 2.45) is 0 Å². The van der Waals surface area contributed by atoms with Crippen molar-refractivity contribution in [2.75, 3.05) is 12.0 Å². The molecule has 1 aromatic heterocycles. The van der Waals surface area contributed by atoms with Crippen LogP contribution in [0, 0.1) is 10.1 Å². The molecule has 1 heterocycles. The molecule has 0 unspecified atom stereocenters. The van der Waals surface area contributed by atoms with Crippen molar-refractivity contribution >= 4 is 27.5 Å². The van der Waals surface area contributed by atoms with Crippen LogP contribution in [0.4, 0.5) is 18.9 Å². The highest BCUT2D eigenvalue weighted by molar-refractivity contribution is 9.10. The Hall–Kier alpha value is -3.34. The molecule has 0 aliphatic rings. The van der Waals surface area contributed by atoms with Gasteiger partial charge in [-0.1, -0.05) is 34.1 Å². The minimum absolute atomic E-state index is 0.155. The first-order valence-corrected chi connectivity index (χ1v) is 10.4. The molecule has 0 saturated carbocycles. The van der Waals surface area contributed by atoms with Gasteiger partial charge < -0.3 is 9.15 Å². The number of rotatable bonds is 8. The molecule has 1 amide bonds. The summed E-state index contributed by atoms with van der Waals surface area (Å²) in [5, 5.41) is 12.2. The first kappa shape index (κ1) is 24.3. The first-order valence-electron chi connectivity index (χ1n) is 9.58. The normalized spacial score (nSPS) is 13.2. The highest BCUT2D eigenvalue weighted by atomic mass is 79.9. The molecule has 174 valence electrons. The SMILES string of the molecule is COc1ccc(N(C(=O)C(F)(F)F)[C@H](c2ccco2)[C@H](Cc2ccccc2Br)[N+](=O)[O-])cc1. The van der Waals surface area contributed by atoms with Crippen LogP contribution in [-0.4, -0.2) is 30.2 Å². The van der Waals surface area contributed by atoms with E-state index in [1.54, 1.807) is 24.3 Å². The fourth-order valence-electron chi connectivity index (χ4n) is 3.42. The largest absolute Gasteiger partial charge is 0.497 e. The van der Waals surface area contributed by atoms with E-state index < -0.39 is 29.1 Å². The Morgan fingerprint density at radius 1 is 1.15 bits per heavy atom. The van der Waals surface area contributed by atoms with Crippen molar-refractivity contribution in [3.63, 3.8) is 0 Å². The molecule has 3 aromatic rings. The number of benzene rings is 2. The summed E-state index contributed by atoms with van der Waals surface area (Å²) < 4.78 is 51.9. The zero-order valence-electron chi connectivity index (χ0n) is 17.2. The van der Waals surface area contributed by atoms with Crippen molar-refractivity contribution in [1.82, 2.24) is 0 Å². The quantitative estimate of drug-likeness (QED) is 0.282. The molecule has 0 aliphatic heterocycles. The van der Waals surface area contributed by atoms with Crippen LogP contribution >= 0.6 is 15.9 Å². The average molecular weight is 527 g/mol. The minimum Gasteiger partial charge on any atom is -0.497 e. The number of hydrogen-bond acceptors (Lipinski definition) is 5. The van der Waals surface area contributed by atoms with Gasteiger partial charge in [0.1, 0.15) is 11.5 Å². The molecule has 0 saturated heterocycles. The Morgan fingerprint density at radius 2 is 1.82 bits per heavy atom. The summed E-state index contributed by atoms with van der Waals surface area (Å²) in [6.07, 6.45) is -4.38. The number of nitro groups is 1. The lowest BCUT2D eigenvalue weighted by atomic mass is 9.96. The van der Waals surface area contributed by atoms with Crippen LogP contribution in [0.5, 0.6) is 5.75 Å². The minimum atomic E-state index is -5.29. The lowest BCUT2D eigenvalue weighted by Gasteiger charge is -2.32. The number of carbonyl (C=O) groups excluding carboxylic acids is 1. The summed E-state index contributed by atoms with van der Waals surface area (Å²) in [7, 11) is 1.37. The van der Waals surface area contributed by atoms with E-state index in [2.05, 4.69) is 15.9 Å². The standard InChI is InChI=1S/C22H18BrF3N2O5/c1-32-16-10-8-15(9-11-16)27(21(29)22(24,25)26)20(19-7-4-12-33-19)18(28(30)31)13-14-5-2-3-6-17(14)23/h2-12,18,20H,13H2,1H3/t18-,20-/m0/s1. The molecule has 3 rings (SSSR count). The summed E-state index contributed by atoms with van der Waals surface area (Å²) >= 11 is 3.31. The number of carbonyl (C=O) groups is 1. The molecular weight excluding hydrogens is 509 g/mol. The summed E-state index contributed by atoms with van der Waals surface area (Å²) in [5.74, 6) is -2.07. The van der Waals surface area contributed by atoms with Crippen LogP contribution < -0.4 is 9.64 Å². The number of methoxy groups -OCH3 is 1. The third-order valence-electron chi connectivity index (χ3n) is 4.95. The van der Waals surface area contributed by atoms with Crippen LogP contribution in [0.15, 0.2) is 75.8 Å². The van der Waals surface area contributed by atoms with Gasteiger partial charge in [0.15, 0.2) is 6.04 Å². The molecule has 0 fully saturated rings. The fraction of sp³-hybridized carbons (Fsp3) is 0.227. The first-order chi connectivity index (χ1) is 15.6. The zero-order chi connectivity index (χ0) is 24.2. The Bertz CT molecular complexity index is 1100. The van der Waals surface area contributed by atoms with Crippen molar-refractivity contribution in [3.8, 4) is 5.75 Å². The number of anilines is 1. The van der Waals surface area contributed by atoms with Gasteiger partial charge in [-0.15, -0.1) is 0 Å². The Labute approximate surface area is 195 Å². The predicted octanol–water partition coefficient (Wildman–Crippen LogP) is 5.58. The Kier molecular flexibility index (Phi) is 7.42. The number of amides is 1. The molecule has 0 bridgehead atoms. The van der Waals surface area contributed by atoms with E-state index in [1.807, 2.05) is 0 Å². The second-order valence-electron chi connectivity index (χ2n) is 6.98. The van der Waals surface area contributed by atoms with Crippen LogP contribution in [0.2, 0.25) is 0 Å². The van der Waals surface area contributed by atoms with E-state index in [-0.39, 0.29) is 17.9 Å². The summed E-state index contributed by atoms with van der Waals surface area (Å²) in [6.45, 7) is 0. The second kappa shape index (κ2) is 10.1. The maximum atomic E-state index is 13.7. The maximum Gasteiger partial charge on any atom is 0.471 e. The lowest BCUT2D eigenvalue weighted by Crippen LogP contribution is -2.49. The molecule has 11 heteroatoms. The smallest absolute Gasteiger partial charge is 0.471 e. The van der Waals surface area contributed by atoms with E-state index in [0.29, 0.717) is 20.7 Å². The predicted molar refractivity (Wildman–Crippen MR) is 117 cm³/mol. The summed E-state index contributed by atoms with van der Waals surface area (Å²) in [4.78, 5) is 24.4. The van der Waals surface area contributed by atoms with Crippen LogP contribution in [0.25, 0.3) is 0 Å². The second-order valence-corrected chi connectivity index (χ2v) is 7.83. The summed E-state index contributed by atoms with van der Waals surface area (Å²) in [5.41, 5.74) is 0.295. The van der Waals surface area contributed by atoms with E-state index in [9.17, 15) is 28.1 Å². The monoisotopic (exact) mass is 526 g/mol. The van der Waals surface area contributed by atoms with Crippen LogP contribution in [0.1, 0.15) is 17.4 Å². The van der Waals surface area contributed by atoms with Gasteiger partial charge in [-0.3, -0.25) is 19.8 Å². The third kappa shape index (κ3) is 5.54. The number of hydrogen-bond donors (Lipinski definition) is 0. The highest BCUT2D eigenvalue weighted by Gasteiger charge is 2.51. The zero-order valence-corrected chi connectivity index (χ0v) is 18.7. The van der Waals surface area contributed by atoms with Gasteiger partial charge in [0.2, 0.25) is 6.04 Å². The van der Waals surface area contributed by atoms with E-state index >= 15 is 0 Å². The van der Waals surface area contributed by atoms with E-state index in [0.717, 1.165) is 0 Å².